The van der Waals surface area contributed by atoms with E-state index in [-0.39, 0.29) is 5.92 Å². The number of aliphatic hydroxyl groups is 1. The average Bonchev–Trinajstić information content (AvgIpc) is 2.34. The first-order chi connectivity index (χ1) is 8.76. The molecule has 112 valence electrons. The number of rotatable bonds is 10. The van der Waals surface area contributed by atoms with Crippen LogP contribution < -0.4 is 0 Å². The molecule has 19 heavy (non-hydrogen) atoms. The van der Waals surface area contributed by atoms with Gasteiger partial charge in [-0.05, 0) is 24.3 Å². The second kappa shape index (κ2) is 8.06. The number of hydrogen-bond donors (Lipinski definition) is 1. The van der Waals surface area contributed by atoms with Crippen molar-refractivity contribution in [3.8, 4) is 0 Å². The molecule has 0 aromatic heterocycles. The molecule has 0 saturated carbocycles. The van der Waals surface area contributed by atoms with Crippen molar-refractivity contribution in [3.05, 3.63) is 25.3 Å². The molecule has 0 aliphatic heterocycles. The third kappa shape index (κ3) is 5.27. The highest BCUT2D eigenvalue weighted by molar-refractivity contribution is 6.78. The van der Waals surface area contributed by atoms with Gasteiger partial charge in [-0.15, -0.1) is 13.2 Å². The molecule has 0 amide bonds. The van der Waals surface area contributed by atoms with E-state index in [1.54, 1.807) is 6.08 Å². The molecular weight excluding hydrogens is 248 g/mol. The second-order valence-electron chi connectivity index (χ2n) is 6.82. The highest BCUT2D eigenvalue weighted by Crippen LogP contribution is 2.43. The highest BCUT2D eigenvalue weighted by atomic mass is 28.3. The van der Waals surface area contributed by atoms with Gasteiger partial charge >= 0.3 is 0 Å². The predicted molar refractivity (Wildman–Crippen MR) is 90.4 cm³/mol. The molecule has 1 nitrogen and oxygen atoms in total. The van der Waals surface area contributed by atoms with E-state index in [2.05, 4.69) is 52.7 Å². The van der Waals surface area contributed by atoms with Crippen LogP contribution in [0.15, 0.2) is 25.3 Å². The summed E-state index contributed by atoms with van der Waals surface area (Å²) in [6, 6.07) is 0. The van der Waals surface area contributed by atoms with Crippen LogP contribution in [0, 0.1) is 5.92 Å². The maximum absolute atomic E-state index is 11.1. The third-order valence-corrected chi connectivity index (χ3v) is 6.85. The molecule has 0 spiro atoms. The van der Waals surface area contributed by atoms with Gasteiger partial charge in [0, 0.05) is 0 Å². The predicted octanol–water partition coefficient (Wildman–Crippen LogP) is 5.40. The molecule has 0 aromatic carbocycles. The summed E-state index contributed by atoms with van der Waals surface area (Å²) in [5.41, 5.74) is -0.294. The first-order valence-electron chi connectivity index (χ1n) is 7.75. The molecule has 0 aliphatic rings. The summed E-state index contributed by atoms with van der Waals surface area (Å²) in [5.74, 6) is 0.269. The first-order valence-corrected chi connectivity index (χ1v) is 11.3. The Balaban J connectivity index is 5.34. The Morgan fingerprint density at radius 1 is 1.16 bits per heavy atom. The lowest BCUT2D eigenvalue weighted by atomic mass is 9.78. The molecule has 0 heterocycles. The minimum absolute atomic E-state index is 0.269. The Hall–Kier alpha value is -0.343. The zero-order chi connectivity index (χ0) is 15.1. The van der Waals surface area contributed by atoms with Gasteiger partial charge in [0.1, 0.15) is 0 Å². The number of unbranched alkanes of at least 4 members (excludes halogenated alkanes) is 1. The summed E-state index contributed by atoms with van der Waals surface area (Å²) in [6.07, 6.45) is 9.02. The van der Waals surface area contributed by atoms with Gasteiger partial charge in [0.2, 0.25) is 0 Å². The summed E-state index contributed by atoms with van der Waals surface area (Å²) in [4.78, 5) is 0. The molecule has 1 N–H and O–H groups in total. The van der Waals surface area contributed by atoms with Gasteiger partial charge in [0.25, 0.3) is 0 Å². The first kappa shape index (κ1) is 18.7. The third-order valence-electron chi connectivity index (χ3n) is 4.21. The Bertz CT molecular complexity index is 279. The van der Waals surface area contributed by atoms with Crippen molar-refractivity contribution in [2.45, 2.75) is 76.7 Å². The molecule has 0 fully saturated rings. The molecular formula is C17H34OSi. The molecule has 3 unspecified atom stereocenters. The summed E-state index contributed by atoms with van der Waals surface area (Å²) in [6.45, 7) is 19.4. The van der Waals surface area contributed by atoms with Gasteiger partial charge in [-0.2, -0.15) is 0 Å². The van der Waals surface area contributed by atoms with Crippen LogP contribution in [0.4, 0.5) is 0 Å². The lowest BCUT2D eigenvalue weighted by Crippen LogP contribution is -2.44. The van der Waals surface area contributed by atoms with Crippen LogP contribution in [0.1, 0.15) is 46.0 Å². The maximum atomic E-state index is 11.1. The summed E-state index contributed by atoms with van der Waals surface area (Å²) in [5, 5.41) is 11.1. The minimum Gasteiger partial charge on any atom is -0.386 e. The fraction of sp³-hybridized carbons (Fsp3) is 0.765. The van der Waals surface area contributed by atoms with Crippen LogP contribution in [-0.2, 0) is 0 Å². The van der Waals surface area contributed by atoms with Crippen LogP contribution in [0.5, 0.6) is 0 Å². The van der Waals surface area contributed by atoms with E-state index in [0.717, 1.165) is 32.1 Å². The topological polar surface area (TPSA) is 20.2 Å². The molecule has 0 bridgehead atoms. The van der Waals surface area contributed by atoms with Crippen LogP contribution in [0.3, 0.4) is 0 Å². The quantitative estimate of drug-likeness (QED) is 0.420. The number of hydrogen-bond acceptors (Lipinski definition) is 1. The average molecular weight is 283 g/mol. The molecule has 3 atom stereocenters. The van der Waals surface area contributed by atoms with E-state index in [1.165, 1.54) is 0 Å². The largest absolute Gasteiger partial charge is 0.386 e. The fourth-order valence-corrected chi connectivity index (χ4v) is 5.44. The number of allylic oxidation sites excluding steroid dienone is 1. The maximum Gasteiger partial charge on any atom is 0.0856 e. The van der Waals surface area contributed by atoms with Gasteiger partial charge in [-0.3, -0.25) is 0 Å². The van der Waals surface area contributed by atoms with Gasteiger partial charge in [-0.25, -0.2) is 0 Å². The van der Waals surface area contributed by atoms with E-state index in [9.17, 15) is 5.11 Å². The highest BCUT2D eigenvalue weighted by Gasteiger charge is 2.41. The van der Waals surface area contributed by atoms with Crippen molar-refractivity contribution in [1.82, 2.24) is 0 Å². The van der Waals surface area contributed by atoms with Crippen molar-refractivity contribution in [2.24, 2.45) is 5.92 Å². The molecule has 0 aromatic rings. The monoisotopic (exact) mass is 282 g/mol. The lowest BCUT2D eigenvalue weighted by molar-refractivity contribution is 0.0143. The lowest BCUT2D eigenvalue weighted by Gasteiger charge is -2.42. The van der Waals surface area contributed by atoms with Gasteiger partial charge in [0.05, 0.1) is 13.7 Å². The van der Waals surface area contributed by atoms with Gasteiger partial charge in [0.15, 0.2) is 0 Å². The summed E-state index contributed by atoms with van der Waals surface area (Å²) in [7, 11) is -1.38. The fourth-order valence-electron chi connectivity index (χ4n) is 3.07. The van der Waals surface area contributed by atoms with E-state index in [1.807, 2.05) is 0 Å². The smallest absolute Gasteiger partial charge is 0.0856 e. The van der Waals surface area contributed by atoms with Crippen LogP contribution in [-0.4, -0.2) is 18.8 Å². The van der Waals surface area contributed by atoms with Crippen LogP contribution >= 0.6 is 0 Å². The summed E-state index contributed by atoms with van der Waals surface area (Å²) >= 11 is 0. The zero-order valence-electron chi connectivity index (χ0n) is 13.7. The van der Waals surface area contributed by atoms with Crippen LogP contribution in [0.25, 0.3) is 0 Å². The Kier molecular flexibility index (Phi) is 7.91. The van der Waals surface area contributed by atoms with Crippen molar-refractivity contribution >= 4 is 8.07 Å². The van der Waals surface area contributed by atoms with Crippen LogP contribution in [0.2, 0.25) is 25.2 Å². The molecule has 0 aliphatic carbocycles. The van der Waals surface area contributed by atoms with Crippen molar-refractivity contribution in [1.29, 1.82) is 0 Å². The van der Waals surface area contributed by atoms with E-state index in [0.29, 0.717) is 5.54 Å². The normalized spacial score (nSPS) is 18.4. The molecule has 0 saturated heterocycles. The second-order valence-corrected chi connectivity index (χ2v) is 12.2. The Morgan fingerprint density at radius 3 is 2.05 bits per heavy atom. The van der Waals surface area contributed by atoms with Crippen molar-refractivity contribution in [2.75, 3.05) is 0 Å². The van der Waals surface area contributed by atoms with E-state index < -0.39 is 13.7 Å². The van der Waals surface area contributed by atoms with Gasteiger partial charge in [-0.1, -0.05) is 64.9 Å². The van der Waals surface area contributed by atoms with Crippen molar-refractivity contribution in [3.63, 3.8) is 0 Å². The summed E-state index contributed by atoms with van der Waals surface area (Å²) < 4.78 is 0. The molecule has 0 rings (SSSR count). The Morgan fingerprint density at radius 2 is 1.74 bits per heavy atom. The zero-order valence-corrected chi connectivity index (χ0v) is 14.7. The minimum atomic E-state index is -1.38. The van der Waals surface area contributed by atoms with E-state index >= 15 is 0 Å². The van der Waals surface area contributed by atoms with Gasteiger partial charge < -0.3 is 5.11 Å². The van der Waals surface area contributed by atoms with Crippen molar-refractivity contribution < 1.29 is 5.11 Å². The standard InChI is InChI=1S/C17H34OSi/c1-8-12-14-17(18,11-4)15(13-9-2)16(10-3)19(5,6)7/h10-11,15-16,18H,3-4,8-9,12-14H2,1-2,5-7H3. The SMILES string of the molecule is C=CC(C(CCC)C(O)(C=C)CCCC)[Si](C)(C)C. The Labute approximate surface area is 121 Å². The molecule has 2 heteroatoms. The van der Waals surface area contributed by atoms with E-state index in [4.69, 9.17) is 0 Å². The molecule has 0 radical (unpaired) electrons.